The Morgan fingerprint density at radius 3 is 2.77 bits per heavy atom. The molecule has 1 aliphatic heterocycles. The first-order chi connectivity index (χ1) is 16.9. The van der Waals surface area contributed by atoms with E-state index in [0.717, 1.165) is 21.9 Å². The number of nitriles is 1. The molecular formula is C25H25N5O4S. The SMILES string of the molecule is COc1ccc2cc(S(=O)(=O)NC[C@@H]3CCN(Cc4cccc(C=NNC#N)c4)C3=O)ccc2c1. The van der Waals surface area contributed by atoms with Crippen molar-refractivity contribution in [3.8, 4) is 11.9 Å². The Morgan fingerprint density at radius 1 is 1.17 bits per heavy atom. The third kappa shape index (κ3) is 5.77. The summed E-state index contributed by atoms with van der Waals surface area (Å²) in [5, 5.41) is 13.9. The lowest BCUT2D eigenvalue weighted by Gasteiger charge is -2.17. The molecule has 3 aromatic rings. The van der Waals surface area contributed by atoms with E-state index in [1.165, 1.54) is 6.21 Å². The van der Waals surface area contributed by atoms with E-state index in [-0.39, 0.29) is 17.3 Å². The summed E-state index contributed by atoms with van der Waals surface area (Å²) in [7, 11) is -2.19. The van der Waals surface area contributed by atoms with Crippen molar-refractivity contribution in [2.75, 3.05) is 20.2 Å². The van der Waals surface area contributed by atoms with Crippen LogP contribution in [0.2, 0.25) is 0 Å². The summed E-state index contributed by atoms with van der Waals surface area (Å²) in [6.45, 7) is 1.02. The molecule has 0 unspecified atom stereocenters. The summed E-state index contributed by atoms with van der Waals surface area (Å²) in [4.78, 5) is 14.8. The molecule has 180 valence electrons. The summed E-state index contributed by atoms with van der Waals surface area (Å²) in [6.07, 6.45) is 3.82. The molecule has 0 spiro atoms. The molecule has 1 amide bonds. The zero-order chi connectivity index (χ0) is 24.8. The second-order valence-electron chi connectivity index (χ2n) is 8.20. The van der Waals surface area contributed by atoms with Gasteiger partial charge in [-0.1, -0.05) is 30.3 Å². The van der Waals surface area contributed by atoms with Gasteiger partial charge in [-0.3, -0.25) is 4.79 Å². The van der Waals surface area contributed by atoms with Gasteiger partial charge in [0.15, 0.2) is 6.19 Å². The van der Waals surface area contributed by atoms with Gasteiger partial charge in [-0.05, 0) is 58.7 Å². The van der Waals surface area contributed by atoms with Crippen molar-refractivity contribution < 1.29 is 17.9 Å². The number of carbonyl (C=O) groups excluding carboxylic acids is 1. The summed E-state index contributed by atoms with van der Waals surface area (Å²) < 4.78 is 33.6. The van der Waals surface area contributed by atoms with Gasteiger partial charge in [-0.25, -0.2) is 18.6 Å². The lowest BCUT2D eigenvalue weighted by Crippen LogP contribution is -2.34. The Kier molecular flexibility index (Phi) is 7.29. The lowest BCUT2D eigenvalue weighted by atomic mass is 10.1. The van der Waals surface area contributed by atoms with Gasteiger partial charge < -0.3 is 9.64 Å². The van der Waals surface area contributed by atoms with E-state index < -0.39 is 15.9 Å². The molecule has 3 aromatic carbocycles. The van der Waals surface area contributed by atoms with Gasteiger partial charge in [0.05, 0.1) is 24.1 Å². The highest BCUT2D eigenvalue weighted by molar-refractivity contribution is 7.89. The van der Waals surface area contributed by atoms with Crippen LogP contribution in [0.4, 0.5) is 0 Å². The van der Waals surface area contributed by atoms with Crippen molar-refractivity contribution in [2.45, 2.75) is 17.9 Å². The molecule has 2 N–H and O–H groups in total. The maximum atomic E-state index is 12.9. The molecule has 0 bridgehead atoms. The smallest absolute Gasteiger partial charge is 0.240 e. The average Bonchev–Trinajstić information content (AvgIpc) is 3.21. The standard InChI is InChI=1S/C25H25N5O4S/c1-34-23-7-5-21-13-24(8-6-20(21)12-23)35(32,33)29-15-22-9-10-30(25(22)31)16-19-4-2-3-18(11-19)14-27-28-17-26/h2-8,11-14,22,28-29H,9-10,15-16H2,1H3/t22-/m0/s1. The van der Waals surface area contributed by atoms with Crippen LogP contribution in [0, 0.1) is 17.4 Å². The number of sulfonamides is 1. The van der Waals surface area contributed by atoms with Gasteiger partial charge in [0.25, 0.3) is 0 Å². The van der Waals surface area contributed by atoms with Crippen LogP contribution < -0.4 is 14.9 Å². The van der Waals surface area contributed by atoms with Crippen LogP contribution in [-0.2, 0) is 21.4 Å². The molecular weight excluding hydrogens is 466 g/mol. The van der Waals surface area contributed by atoms with Crippen LogP contribution in [0.5, 0.6) is 5.75 Å². The Morgan fingerprint density at radius 2 is 1.97 bits per heavy atom. The zero-order valence-corrected chi connectivity index (χ0v) is 20.0. The number of nitrogens with one attached hydrogen (secondary N) is 2. The van der Waals surface area contributed by atoms with E-state index in [1.807, 2.05) is 36.4 Å². The number of amides is 1. The molecule has 0 aliphatic carbocycles. The molecule has 4 rings (SSSR count). The number of fused-ring (bicyclic) bond motifs is 1. The van der Waals surface area contributed by atoms with E-state index in [1.54, 1.807) is 42.5 Å². The Balaban J connectivity index is 1.37. The summed E-state index contributed by atoms with van der Waals surface area (Å²) in [5.74, 6) is 0.203. The highest BCUT2D eigenvalue weighted by atomic mass is 32.2. The van der Waals surface area contributed by atoms with Gasteiger partial charge in [0.1, 0.15) is 5.75 Å². The van der Waals surface area contributed by atoms with E-state index >= 15 is 0 Å². The fourth-order valence-corrected chi connectivity index (χ4v) is 5.18. The summed E-state index contributed by atoms with van der Waals surface area (Å²) >= 11 is 0. The first-order valence-corrected chi connectivity index (χ1v) is 12.5. The molecule has 1 heterocycles. The normalized spacial score (nSPS) is 16.1. The second kappa shape index (κ2) is 10.5. The molecule has 1 fully saturated rings. The number of carbonyl (C=O) groups is 1. The monoisotopic (exact) mass is 491 g/mol. The molecule has 1 aliphatic rings. The average molecular weight is 492 g/mol. The Labute approximate surface area is 204 Å². The minimum atomic E-state index is -3.77. The quantitative estimate of drug-likeness (QED) is 0.205. The number of hydrogen-bond donors (Lipinski definition) is 2. The van der Waals surface area contributed by atoms with Crippen LogP contribution >= 0.6 is 0 Å². The Hall–Kier alpha value is -3.94. The molecule has 1 atom stereocenters. The van der Waals surface area contributed by atoms with Crippen LogP contribution in [0.3, 0.4) is 0 Å². The molecule has 10 heteroatoms. The predicted molar refractivity (Wildman–Crippen MR) is 132 cm³/mol. The number of ether oxygens (including phenoxy) is 1. The summed E-state index contributed by atoms with van der Waals surface area (Å²) in [5.41, 5.74) is 3.93. The molecule has 0 aromatic heterocycles. The largest absolute Gasteiger partial charge is 0.497 e. The third-order valence-corrected chi connectivity index (χ3v) is 7.33. The van der Waals surface area contributed by atoms with E-state index in [9.17, 15) is 13.2 Å². The van der Waals surface area contributed by atoms with Crippen LogP contribution in [0.15, 0.2) is 70.7 Å². The van der Waals surface area contributed by atoms with E-state index in [2.05, 4.69) is 15.2 Å². The Bertz CT molecular complexity index is 1410. The lowest BCUT2D eigenvalue weighted by molar-refractivity contribution is -0.131. The summed E-state index contributed by atoms with van der Waals surface area (Å²) in [6, 6.07) is 17.8. The number of rotatable bonds is 9. The van der Waals surface area contributed by atoms with Crippen molar-refractivity contribution >= 4 is 32.9 Å². The predicted octanol–water partition coefficient (Wildman–Crippen LogP) is 2.58. The van der Waals surface area contributed by atoms with Crippen molar-refractivity contribution in [1.29, 1.82) is 5.26 Å². The third-order valence-electron chi connectivity index (χ3n) is 5.91. The van der Waals surface area contributed by atoms with Crippen molar-refractivity contribution in [1.82, 2.24) is 15.0 Å². The fourth-order valence-electron chi connectivity index (χ4n) is 4.07. The number of likely N-dealkylation sites (tertiary alicyclic amines) is 1. The highest BCUT2D eigenvalue weighted by Gasteiger charge is 2.32. The van der Waals surface area contributed by atoms with Gasteiger partial charge in [0.2, 0.25) is 15.9 Å². The van der Waals surface area contributed by atoms with E-state index in [0.29, 0.717) is 25.3 Å². The van der Waals surface area contributed by atoms with Crippen LogP contribution in [0.25, 0.3) is 10.8 Å². The number of hydrazone groups is 1. The molecule has 9 nitrogen and oxygen atoms in total. The first kappa shape index (κ1) is 24.2. The number of methoxy groups -OCH3 is 1. The van der Waals surface area contributed by atoms with Gasteiger partial charge in [-0.15, -0.1) is 0 Å². The zero-order valence-electron chi connectivity index (χ0n) is 19.1. The van der Waals surface area contributed by atoms with Crippen molar-refractivity contribution in [3.63, 3.8) is 0 Å². The molecule has 0 saturated carbocycles. The number of hydrogen-bond acceptors (Lipinski definition) is 7. The van der Waals surface area contributed by atoms with Gasteiger partial charge in [0, 0.05) is 19.6 Å². The van der Waals surface area contributed by atoms with Crippen molar-refractivity contribution in [2.24, 2.45) is 11.0 Å². The molecule has 35 heavy (non-hydrogen) atoms. The minimum absolute atomic E-state index is 0.0465. The highest BCUT2D eigenvalue weighted by Crippen LogP contribution is 2.25. The molecule has 1 saturated heterocycles. The minimum Gasteiger partial charge on any atom is -0.497 e. The van der Waals surface area contributed by atoms with Crippen molar-refractivity contribution in [3.05, 3.63) is 71.8 Å². The van der Waals surface area contributed by atoms with Crippen LogP contribution in [0.1, 0.15) is 17.5 Å². The maximum Gasteiger partial charge on any atom is 0.240 e. The number of benzene rings is 3. The van der Waals surface area contributed by atoms with Gasteiger partial charge >= 0.3 is 0 Å². The number of nitrogens with zero attached hydrogens (tertiary/aromatic N) is 3. The maximum absolute atomic E-state index is 12.9. The first-order valence-electron chi connectivity index (χ1n) is 11.0. The fraction of sp³-hybridized carbons (Fsp3) is 0.240. The molecule has 0 radical (unpaired) electrons. The van der Waals surface area contributed by atoms with Crippen LogP contribution in [-0.4, -0.2) is 45.6 Å². The van der Waals surface area contributed by atoms with Gasteiger partial charge in [-0.2, -0.15) is 10.4 Å². The topological polar surface area (TPSA) is 124 Å². The second-order valence-corrected chi connectivity index (χ2v) is 9.97. The van der Waals surface area contributed by atoms with E-state index in [4.69, 9.17) is 10.00 Å².